The van der Waals surface area contributed by atoms with Gasteiger partial charge in [-0.05, 0) is 243 Å². The molecule has 0 saturated heterocycles. The van der Waals surface area contributed by atoms with Crippen LogP contribution in [0.1, 0.15) is 164 Å². The first kappa shape index (κ1) is 37.4. The molecule has 12 fully saturated rings. The largest absolute Gasteiger partial charge is 2.00 e. The molecule has 15 aliphatic carbocycles. The second kappa shape index (κ2) is 12.5. The Labute approximate surface area is 363 Å². The summed E-state index contributed by atoms with van der Waals surface area (Å²) in [5.41, 5.74) is 15.7. The van der Waals surface area contributed by atoms with Gasteiger partial charge in [-0.25, -0.2) is 0 Å². The van der Waals surface area contributed by atoms with Gasteiger partial charge in [0.05, 0.1) is 0 Å². The molecule has 0 aliphatic heterocycles. The molecule has 2 aromatic carbocycles. The van der Waals surface area contributed by atoms with Crippen LogP contribution >= 0.6 is 0 Å². The summed E-state index contributed by atoms with van der Waals surface area (Å²) in [6.45, 7) is 2.85. The predicted molar refractivity (Wildman–Crippen MR) is 211 cm³/mol. The van der Waals surface area contributed by atoms with Gasteiger partial charge in [0, 0.05) is 11.3 Å². The molecule has 0 spiro atoms. The topological polar surface area (TPSA) is 0 Å². The number of hydrogen-bond acceptors (Lipinski definition) is 0. The Morgan fingerprint density at radius 3 is 1.29 bits per heavy atom. The molecule has 15 aliphatic rings. The van der Waals surface area contributed by atoms with Gasteiger partial charge in [0.25, 0.3) is 0 Å². The van der Waals surface area contributed by atoms with Crippen molar-refractivity contribution >= 4 is 0 Å². The molecule has 0 heterocycles. The molecular formula is C52H62Cl2Zr. The minimum absolute atomic E-state index is 0. The fourth-order valence-corrected chi connectivity index (χ4v) is 20.2. The van der Waals surface area contributed by atoms with Gasteiger partial charge < -0.3 is 24.8 Å². The Morgan fingerprint density at radius 1 is 0.509 bits per heavy atom. The van der Waals surface area contributed by atoms with E-state index >= 15 is 0 Å². The molecule has 0 aromatic heterocycles. The predicted octanol–water partition coefficient (Wildman–Crippen LogP) is 7.24. The minimum atomic E-state index is 0. The van der Waals surface area contributed by atoms with Gasteiger partial charge in [0.2, 0.25) is 0 Å². The third kappa shape index (κ3) is 4.97. The summed E-state index contributed by atoms with van der Waals surface area (Å²) >= 11 is 0. The van der Waals surface area contributed by atoms with E-state index in [1.807, 2.05) is 5.57 Å². The van der Waals surface area contributed by atoms with Crippen LogP contribution < -0.4 is 24.8 Å². The summed E-state index contributed by atoms with van der Waals surface area (Å²) in [6.07, 6.45) is 35.3. The van der Waals surface area contributed by atoms with E-state index in [1.165, 1.54) is 89.9 Å². The number of rotatable bonds is 4. The number of fused-ring (bicyclic) bond motifs is 3. The van der Waals surface area contributed by atoms with Crippen molar-refractivity contribution in [2.45, 2.75) is 152 Å². The maximum absolute atomic E-state index is 2.88. The average Bonchev–Trinajstić information content (AvgIpc) is 3.79. The van der Waals surface area contributed by atoms with E-state index in [0.29, 0.717) is 22.2 Å². The van der Waals surface area contributed by atoms with Gasteiger partial charge in [0.1, 0.15) is 0 Å². The molecule has 12 bridgehead atoms. The van der Waals surface area contributed by atoms with Crippen LogP contribution in [0.25, 0.3) is 11.1 Å². The Kier molecular flexibility index (Phi) is 8.48. The van der Waals surface area contributed by atoms with Crippen LogP contribution in [-0.4, -0.2) is 0 Å². The van der Waals surface area contributed by atoms with Crippen LogP contribution in [0.15, 0.2) is 59.7 Å². The molecule has 2 aromatic rings. The van der Waals surface area contributed by atoms with Crippen LogP contribution in [0.4, 0.5) is 0 Å². The van der Waals surface area contributed by atoms with E-state index in [-0.39, 0.29) is 56.4 Å². The maximum atomic E-state index is 2.88. The second-order valence-electron chi connectivity index (χ2n) is 23.4. The summed E-state index contributed by atoms with van der Waals surface area (Å²) in [4.78, 5) is 0. The molecule has 17 rings (SSSR count). The number of benzene rings is 2. The summed E-state index contributed by atoms with van der Waals surface area (Å²) in [5, 5.41) is 0. The fourth-order valence-electron chi connectivity index (χ4n) is 20.2. The van der Waals surface area contributed by atoms with Crippen molar-refractivity contribution in [1.29, 1.82) is 0 Å². The van der Waals surface area contributed by atoms with E-state index in [4.69, 9.17) is 0 Å². The standard InChI is InChI=1S/C52H62.2ClH.Zr/c1-49(46-4-2-3-39(46)18-47(49)52-27-36-15-37(28-52)17-38(16-36)29-52)48-42-7-5-40(50-21-30-9-31(22-50)11-32(10-30)23-50)19-44(42)45-20-41(6-8-43(45)48)51-24-33-12-34(25-51)14-35(13-33)26-51;;;/h2,4-8,19-20,30-38,47-48H,3,9-18,21-29H2,1H3;2*1H;/q;;;+2/p-2/t30?,31?,32?,33?,34?,35?,36?,37?,38?,47-,48?,49?,50?,51?,52?;;;/m0.../s1. The molecule has 0 radical (unpaired) electrons. The van der Waals surface area contributed by atoms with Gasteiger partial charge in [-0.15, -0.1) is 0 Å². The third-order valence-corrected chi connectivity index (χ3v) is 20.5. The molecule has 0 amide bonds. The van der Waals surface area contributed by atoms with Crippen molar-refractivity contribution in [2.24, 2.45) is 70.0 Å². The molecule has 288 valence electrons. The number of allylic oxidation sites excluding steroid dienone is 4. The SMILES string of the molecule is CC1(C2c3ccc(C45CC6CC(CC(C6)C4)C5)cc3-c3cc(C45CC6CC(CC(C6)C4)C5)ccc32)C2=C(CC=C2)C[C@@H]1C12CC3CC(CC(C3)C1)C2.[Cl-].[Cl-].[Zr+2]. The van der Waals surface area contributed by atoms with Crippen molar-refractivity contribution in [1.82, 2.24) is 0 Å². The first-order valence-electron chi connectivity index (χ1n) is 23.0. The van der Waals surface area contributed by atoms with E-state index in [9.17, 15) is 0 Å². The van der Waals surface area contributed by atoms with E-state index < -0.39 is 0 Å². The quantitative estimate of drug-likeness (QED) is 0.305. The van der Waals surface area contributed by atoms with Gasteiger partial charge in [-0.1, -0.05) is 61.0 Å². The Morgan fingerprint density at radius 2 is 0.891 bits per heavy atom. The van der Waals surface area contributed by atoms with Gasteiger partial charge in [-0.3, -0.25) is 0 Å². The Bertz CT molecular complexity index is 1800. The Hall–Kier alpha value is -0.617. The maximum Gasteiger partial charge on any atom is 2.00 e. The fraction of sp³-hybridized carbons (Fsp3) is 0.692. The smallest absolute Gasteiger partial charge is 1.00 e. The molecule has 1 unspecified atom stereocenters. The van der Waals surface area contributed by atoms with Crippen molar-refractivity contribution in [3.8, 4) is 11.1 Å². The number of halogens is 2. The summed E-state index contributed by atoms with van der Waals surface area (Å²) < 4.78 is 0. The first-order chi connectivity index (χ1) is 25.3. The van der Waals surface area contributed by atoms with Gasteiger partial charge in [0.15, 0.2) is 0 Å². The molecule has 55 heavy (non-hydrogen) atoms. The second-order valence-corrected chi connectivity index (χ2v) is 23.4. The van der Waals surface area contributed by atoms with Crippen LogP contribution in [0.2, 0.25) is 0 Å². The zero-order valence-electron chi connectivity index (χ0n) is 33.4. The van der Waals surface area contributed by atoms with Crippen molar-refractivity contribution < 1.29 is 51.0 Å². The molecular weight excluding hydrogens is 787 g/mol. The van der Waals surface area contributed by atoms with Crippen LogP contribution in [0.3, 0.4) is 0 Å². The zero-order chi connectivity index (χ0) is 33.8. The molecule has 3 heteroatoms. The molecule has 0 N–H and O–H groups in total. The summed E-state index contributed by atoms with van der Waals surface area (Å²) in [7, 11) is 0. The van der Waals surface area contributed by atoms with Crippen molar-refractivity contribution in [2.75, 3.05) is 0 Å². The van der Waals surface area contributed by atoms with Gasteiger partial charge in [-0.2, -0.15) is 0 Å². The molecule has 0 nitrogen and oxygen atoms in total. The van der Waals surface area contributed by atoms with E-state index in [1.54, 1.807) is 77.5 Å². The molecule has 12 saturated carbocycles. The monoisotopic (exact) mass is 846 g/mol. The zero-order valence-corrected chi connectivity index (χ0v) is 37.3. The van der Waals surface area contributed by atoms with E-state index in [2.05, 4.69) is 55.5 Å². The summed E-state index contributed by atoms with van der Waals surface area (Å²) in [6, 6.07) is 16.8. The van der Waals surface area contributed by atoms with Gasteiger partial charge >= 0.3 is 26.2 Å². The van der Waals surface area contributed by atoms with Crippen LogP contribution in [0.5, 0.6) is 0 Å². The van der Waals surface area contributed by atoms with Crippen molar-refractivity contribution in [3.05, 3.63) is 82.0 Å². The van der Waals surface area contributed by atoms with Crippen LogP contribution in [0, 0.1) is 70.0 Å². The normalized spacial score (nSPS) is 49.1. The van der Waals surface area contributed by atoms with Crippen molar-refractivity contribution in [3.63, 3.8) is 0 Å². The number of hydrogen-bond donors (Lipinski definition) is 0. The first-order valence-corrected chi connectivity index (χ1v) is 23.0. The minimum Gasteiger partial charge on any atom is -1.00 e. The molecule has 2 atom stereocenters. The van der Waals surface area contributed by atoms with E-state index in [0.717, 1.165) is 59.2 Å². The summed E-state index contributed by atoms with van der Waals surface area (Å²) in [5.74, 6) is 10.4. The third-order valence-electron chi connectivity index (χ3n) is 20.5. The van der Waals surface area contributed by atoms with Crippen LogP contribution in [-0.2, 0) is 37.0 Å². The Balaban J connectivity index is 0.00000117. The average molecular weight is 849 g/mol.